The zero-order valence-corrected chi connectivity index (χ0v) is 12.2. The number of fused-ring (bicyclic) bond motifs is 1. The predicted molar refractivity (Wildman–Crippen MR) is 77.8 cm³/mol. The van der Waals surface area contributed by atoms with Crippen LogP contribution in [0.25, 0.3) is 5.57 Å². The molecule has 20 heavy (non-hydrogen) atoms. The van der Waals surface area contributed by atoms with Crippen molar-refractivity contribution in [2.75, 3.05) is 6.61 Å². The summed E-state index contributed by atoms with van der Waals surface area (Å²) in [6, 6.07) is 0. The Kier molecular flexibility index (Phi) is 4.13. The maximum Gasteiger partial charge on any atom is 0.359 e. The first kappa shape index (κ1) is 14.6. The summed E-state index contributed by atoms with van der Waals surface area (Å²) in [5, 5.41) is 4.20. The molecular formula is C14H15FN2O2S. The van der Waals surface area contributed by atoms with Crippen LogP contribution in [0.2, 0.25) is 0 Å². The Morgan fingerprint density at radius 2 is 2.35 bits per heavy atom. The third kappa shape index (κ3) is 2.31. The molecule has 0 amide bonds. The van der Waals surface area contributed by atoms with Gasteiger partial charge in [-0.3, -0.25) is 4.68 Å². The Labute approximate surface area is 121 Å². The zero-order chi connectivity index (χ0) is 14.9. The monoisotopic (exact) mass is 294 g/mol. The number of aryl methyl sites for hydroxylation is 1. The van der Waals surface area contributed by atoms with Gasteiger partial charge >= 0.3 is 5.97 Å². The lowest BCUT2D eigenvalue weighted by Gasteiger charge is -2.18. The molecule has 106 valence electrons. The molecule has 0 aliphatic carbocycles. The van der Waals surface area contributed by atoms with Crippen molar-refractivity contribution in [3.8, 4) is 0 Å². The van der Waals surface area contributed by atoms with E-state index in [9.17, 15) is 9.18 Å². The lowest BCUT2D eigenvalue weighted by Crippen LogP contribution is -2.09. The van der Waals surface area contributed by atoms with Crippen molar-refractivity contribution in [3.05, 3.63) is 46.9 Å². The van der Waals surface area contributed by atoms with E-state index in [2.05, 4.69) is 18.3 Å². The maximum atomic E-state index is 13.5. The number of esters is 1. The number of carbonyl (C=O) groups is 1. The normalized spacial score (nSPS) is 13.9. The quantitative estimate of drug-likeness (QED) is 0.800. The van der Waals surface area contributed by atoms with Gasteiger partial charge in [0, 0.05) is 23.9 Å². The number of ether oxygens (including phenoxy) is 1. The smallest absolute Gasteiger partial charge is 0.359 e. The van der Waals surface area contributed by atoms with E-state index in [-0.39, 0.29) is 12.3 Å². The summed E-state index contributed by atoms with van der Waals surface area (Å²) in [6.45, 7) is 9.07. The number of nitrogens with zero attached hydrogens (tertiary/aromatic N) is 2. The molecule has 0 spiro atoms. The third-order valence-electron chi connectivity index (χ3n) is 2.93. The van der Waals surface area contributed by atoms with Crippen LogP contribution < -0.4 is 0 Å². The van der Waals surface area contributed by atoms with Crippen LogP contribution >= 0.6 is 11.8 Å². The highest BCUT2D eigenvalue weighted by Crippen LogP contribution is 2.42. The summed E-state index contributed by atoms with van der Waals surface area (Å²) in [5.74, 6) is -0.516. The van der Waals surface area contributed by atoms with Gasteiger partial charge in [0.15, 0.2) is 5.69 Å². The summed E-state index contributed by atoms with van der Waals surface area (Å²) >= 11 is 1.28. The molecule has 0 bridgehead atoms. The SMILES string of the molecule is C=CC1=C(C(=C)F)SCc2c(C(=O)OCC)nn(C)c21. The van der Waals surface area contributed by atoms with Crippen molar-refractivity contribution < 1.29 is 13.9 Å². The first-order valence-corrected chi connectivity index (χ1v) is 7.07. The van der Waals surface area contributed by atoms with Crippen molar-refractivity contribution in [1.82, 2.24) is 9.78 Å². The average Bonchev–Trinajstić information content (AvgIpc) is 2.75. The Hall–Kier alpha value is -1.82. The Balaban J connectivity index is 2.60. The highest BCUT2D eigenvalue weighted by Gasteiger charge is 2.29. The molecule has 2 heterocycles. The van der Waals surface area contributed by atoms with Crippen LogP contribution in [0.15, 0.2) is 30.0 Å². The number of rotatable bonds is 4. The van der Waals surface area contributed by atoms with Gasteiger partial charge in [-0.15, -0.1) is 11.8 Å². The third-order valence-corrected chi connectivity index (χ3v) is 4.09. The number of thioether (sulfide) groups is 1. The van der Waals surface area contributed by atoms with E-state index >= 15 is 0 Å². The van der Waals surface area contributed by atoms with Gasteiger partial charge in [-0.05, 0) is 6.92 Å². The minimum absolute atomic E-state index is 0.278. The molecule has 0 atom stereocenters. The fourth-order valence-corrected chi connectivity index (χ4v) is 3.20. The van der Waals surface area contributed by atoms with Gasteiger partial charge in [-0.2, -0.15) is 5.10 Å². The van der Waals surface area contributed by atoms with Gasteiger partial charge in [-0.1, -0.05) is 19.2 Å². The van der Waals surface area contributed by atoms with Gasteiger partial charge in [-0.25, -0.2) is 9.18 Å². The second-order valence-electron chi connectivity index (χ2n) is 4.16. The highest BCUT2D eigenvalue weighted by molar-refractivity contribution is 8.02. The van der Waals surface area contributed by atoms with E-state index in [1.54, 1.807) is 24.7 Å². The predicted octanol–water partition coefficient (Wildman–Crippen LogP) is 3.22. The average molecular weight is 294 g/mol. The summed E-state index contributed by atoms with van der Waals surface area (Å²) in [7, 11) is 1.71. The Morgan fingerprint density at radius 1 is 1.65 bits per heavy atom. The van der Waals surface area contributed by atoms with Crippen LogP contribution in [-0.4, -0.2) is 22.4 Å². The summed E-state index contributed by atoms with van der Waals surface area (Å²) in [6.07, 6.45) is 1.56. The number of carbonyl (C=O) groups excluding carboxylic acids is 1. The minimum Gasteiger partial charge on any atom is -0.461 e. The van der Waals surface area contributed by atoms with Crippen LogP contribution in [0.1, 0.15) is 28.7 Å². The molecule has 6 heteroatoms. The molecule has 0 unspecified atom stereocenters. The highest BCUT2D eigenvalue weighted by atomic mass is 32.2. The summed E-state index contributed by atoms with van der Waals surface area (Å²) in [5.41, 5.74) is 2.32. The first-order chi connectivity index (χ1) is 9.51. The van der Waals surface area contributed by atoms with Crippen molar-refractivity contribution in [1.29, 1.82) is 0 Å². The molecule has 0 N–H and O–H groups in total. The van der Waals surface area contributed by atoms with E-state index in [0.717, 1.165) is 5.56 Å². The second kappa shape index (κ2) is 5.66. The number of aromatic nitrogens is 2. The van der Waals surface area contributed by atoms with Crippen LogP contribution in [0.4, 0.5) is 4.39 Å². The van der Waals surface area contributed by atoms with Crippen molar-refractivity contribution in [2.45, 2.75) is 12.7 Å². The molecule has 2 rings (SSSR count). The number of hydrogen-bond acceptors (Lipinski definition) is 4. The van der Waals surface area contributed by atoms with Crippen LogP contribution in [0.3, 0.4) is 0 Å². The van der Waals surface area contributed by atoms with Crippen LogP contribution in [-0.2, 0) is 17.5 Å². The van der Waals surface area contributed by atoms with Gasteiger partial charge in [0.05, 0.1) is 17.2 Å². The van der Waals surface area contributed by atoms with E-state index in [1.807, 2.05) is 0 Å². The van der Waals surface area contributed by atoms with Gasteiger partial charge in [0.25, 0.3) is 0 Å². The standard InChI is InChI=1S/C14H15FN2O2S/c1-5-9-12-10(7-20-13(9)8(3)15)11(16-17(12)4)14(18)19-6-2/h5H,1,3,6-7H2,2,4H3. The Bertz CT molecular complexity index is 631. The van der Waals surface area contributed by atoms with E-state index < -0.39 is 11.8 Å². The van der Waals surface area contributed by atoms with Crippen LogP contribution in [0, 0.1) is 0 Å². The number of allylic oxidation sites excluding steroid dienone is 3. The molecule has 0 saturated carbocycles. The molecule has 1 aliphatic rings. The first-order valence-electron chi connectivity index (χ1n) is 6.08. The Morgan fingerprint density at radius 3 is 2.90 bits per heavy atom. The topological polar surface area (TPSA) is 44.1 Å². The van der Waals surface area contributed by atoms with Gasteiger partial charge in [0.1, 0.15) is 5.83 Å². The largest absolute Gasteiger partial charge is 0.461 e. The molecule has 1 aromatic heterocycles. The molecule has 0 radical (unpaired) electrons. The van der Waals surface area contributed by atoms with Crippen molar-refractivity contribution in [2.24, 2.45) is 7.05 Å². The van der Waals surface area contributed by atoms with Crippen molar-refractivity contribution >= 4 is 23.3 Å². The van der Waals surface area contributed by atoms with E-state index in [4.69, 9.17) is 4.74 Å². The zero-order valence-electron chi connectivity index (χ0n) is 11.4. The minimum atomic E-state index is -0.505. The van der Waals surface area contributed by atoms with Crippen LogP contribution in [0.5, 0.6) is 0 Å². The fourth-order valence-electron chi connectivity index (χ4n) is 2.15. The second-order valence-corrected chi connectivity index (χ2v) is 5.15. The summed E-state index contributed by atoms with van der Waals surface area (Å²) < 4.78 is 20.0. The van der Waals surface area contributed by atoms with Crippen molar-refractivity contribution in [3.63, 3.8) is 0 Å². The van der Waals surface area contributed by atoms with Gasteiger partial charge in [0.2, 0.25) is 0 Å². The molecule has 1 aromatic rings. The lowest BCUT2D eigenvalue weighted by atomic mass is 10.1. The molecule has 0 aromatic carbocycles. The molecule has 0 saturated heterocycles. The van der Waals surface area contributed by atoms with Gasteiger partial charge < -0.3 is 4.74 Å². The molecule has 0 fully saturated rings. The fraction of sp³-hybridized carbons (Fsp3) is 0.286. The molecule has 4 nitrogen and oxygen atoms in total. The maximum absolute atomic E-state index is 13.5. The number of halogens is 1. The number of hydrogen-bond donors (Lipinski definition) is 0. The molecular weight excluding hydrogens is 279 g/mol. The molecule has 1 aliphatic heterocycles. The summed E-state index contributed by atoms with van der Waals surface area (Å²) in [4.78, 5) is 12.3. The van der Waals surface area contributed by atoms with E-state index in [0.29, 0.717) is 21.9 Å². The van der Waals surface area contributed by atoms with E-state index in [1.165, 1.54) is 11.8 Å². The lowest BCUT2D eigenvalue weighted by molar-refractivity contribution is 0.0517.